The molecule has 1 fully saturated rings. The number of hydrogen-bond donors (Lipinski definition) is 0. The number of aryl methyl sites for hydroxylation is 1. The van der Waals surface area contributed by atoms with Gasteiger partial charge in [0.05, 0.1) is 12.2 Å². The minimum Gasteiger partial charge on any atom is -0.494 e. The number of esters is 1. The summed E-state index contributed by atoms with van der Waals surface area (Å²) in [6, 6.07) is 15.3. The molecule has 2 aromatic carbocycles. The molecule has 1 unspecified atom stereocenters. The minimum atomic E-state index is -0.333. The van der Waals surface area contributed by atoms with Crippen molar-refractivity contribution in [2.24, 2.45) is 17.8 Å². The summed E-state index contributed by atoms with van der Waals surface area (Å²) < 4.78 is 11.5. The molecule has 3 rings (SSSR count). The first kappa shape index (κ1) is 32.0. The monoisotopic (exact) mass is 546 g/mol. The molecule has 0 aliphatic heterocycles. The van der Waals surface area contributed by atoms with Crippen LogP contribution in [0.5, 0.6) is 11.5 Å². The number of carbonyl (C=O) groups is 1. The molecule has 0 amide bonds. The van der Waals surface area contributed by atoms with Crippen molar-refractivity contribution < 1.29 is 14.3 Å². The third-order valence-corrected chi connectivity index (χ3v) is 8.65. The first-order valence-corrected chi connectivity index (χ1v) is 16.3. The Labute approximate surface area is 244 Å². The second-order valence-corrected chi connectivity index (χ2v) is 12.0. The summed E-state index contributed by atoms with van der Waals surface area (Å²) in [6.07, 6.45) is 24.0. The molecule has 0 radical (unpaired) electrons. The van der Waals surface area contributed by atoms with Crippen molar-refractivity contribution in [2.45, 2.75) is 117 Å². The highest BCUT2D eigenvalue weighted by Crippen LogP contribution is 2.32. The Hall–Kier alpha value is -2.55. The molecule has 40 heavy (non-hydrogen) atoms. The van der Waals surface area contributed by atoms with Gasteiger partial charge in [-0.1, -0.05) is 83.6 Å². The van der Waals surface area contributed by atoms with Crippen LogP contribution in [-0.4, -0.2) is 12.6 Å². The molecule has 3 nitrogen and oxygen atoms in total. The fraction of sp³-hybridized carbons (Fsp3) is 0.595. The van der Waals surface area contributed by atoms with Crippen LogP contribution in [0, 0.1) is 17.8 Å². The van der Waals surface area contributed by atoms with Gasteiger partial charge in [-0.3, -0.25) is 0 Å². The van der Waals surface area contributed by atoms with Gasteiger partial charge in [0.25, 0.3) is 0 Å². The van der Waals surface area contributed by atoms with E-state index in [2.05, 4.69) is 45.1 Å². The summed E-state index contributed by atoms with van der Waals surface area (Å²) in [7, 11) is 0. The lowest BCUT2D eigenvalue weighted by molar-refractivity contribution is 0.0734. The maximum absolute atomic E-state index is 12.6. The van der Waals surface area contributed by atoms with E-state index in [1.54, 1.807) is 12.1 Å². The average molecular weight is 547 g/mol. The molecule has 1 atom stereocenters. The van der Waals surface area contributed by atoms with Gasteiger partial charge < -0.3 is 9.47 Å². The van der Waals surface area contributed by atoms with Crippen LogP contribution in [0.1, 0.15) is 127 Å². The van der Waals surface area contributed by atoms with Gasteiger partial charge in [0.1, 0.15) is 11.5 Å². The van der Waals surface area contributed by atoms with E-state index in [1.165, 1.54) is 89.0 Å². The normalized spacial score (nSPS) is 18.1. The molecular formula is C37H54O3. The molecule has 220 valence electrons. The first-order chi connectivity index (χ1) is 19.6. The number of allylic oxidation sites excluding steroid dienone is 2. The predicted octanol–water partition coefficient (Wildman–Crippen LogP) is 10.8. The summed E-state index contributed by atoms with van der Waals surface area (Å²) in [5, 5.41) is 0. The molecular weight excluding hydrogens is 492 g/mol. The number of ether oxygens (including phenoxy) is 2. The van der Waals surface area contributed by atoms with Crippen molar-refractivity contribution in [3.63, 3.8) is 0 Å². The fourth-order valence-corrected chi connectivity index (χ4v) is 5.58. The average Bonchev–Trinajstić information content (AvgIpc) is 2.99. The van der Waals surface area contributed by atoms with Crippen LogP contribution in [0.15, 0.2) is 60.7 Å². The van der Waals surface area contributed by atoms with Crippen molar-refractivity contribution in [3.05, 3.63) is 71.8 Å². The van der Waals surface area contributed by atoms with E-state index in [-0.39, 0.29) is 5.97 Å². The quantitative estimate of drug-likeness (QED) is 0.0807. The van der Waals surface area contributed by atoms with Gasteiger partial charge in [0.15, 0.2) is 0 Å². The van der Waals surface area contributed by atoms with Gasteiger partial charge >= 0.3 is 5.97 Å². The van der Waals surface area contributed by atoms with Crippen LogP contribution in [0.3, 0.4) is 0 Å². The molecule has 0 saturated heterocycles. The predicted molar refractivity (Wildman–Crippen MR) is 168 cm³/mol. The molecule has 0 heterocycles. The number of benzene rings is 2. The van der Waals surface area contributed by atoms with Crippen LogP contribution in [0.25, 0.3) is 0 Å². The van der Waals surface area contributed by atoms with E-state index in [4.69, 9.17) is 9.47 Å². The Morgan fingerprint density at radius 2 is 1.60 bits per heavy atom. The van der Waals surface area contributed by atoms with E-state index in [0.29, 0.717) is 17.9 Å². The van der Waals surface area contributed by atoms with Crippen molar-refractivity contribution >= 4 is 5.97 Å². The van der Waals surface area contributed by atoms with Gasteiger partial charge in [0, 0.05) is 0 Å². The summed E-state index contributed by atoms with van der Waals surface area (Å²) in [5.74, 6) is 3.51. The Kier molecular flexibility index (Phi) is 15.0. The molecule has 0 bridgehead atoms. The molecule has 0 aromatic heterocycles. The van der Waals surface area contributed by atoms with E-state index < -0.39 is 0 Å². The van der Waals surface area contributed by atoms with Crippen molar-refractivity contribution in [2.75, 3.05) is 6.61 Å². The molecule has 2 aromatic rings. The van der Waals surface area contributed by atoms with Crippen molar-refractivity contribution in [3.8, 4) is 11.5 Å². The minimum absolute atomic E-state index is 0.333. The number of rotatable bonds is 18. The maximum atomic E-state index is 12.6. The van der Waals surface area contributed by atoms with Crippen LogP contribution >= 0.6 is 0 Å². The van der Waals surface area contributed by atoms with E-state index in [9.17, 15) is 4.79 Å². The molecule has 1 aliphatic rings. The zero-order valence-electron chi connectivity index (χ0n) is 25.5. The number of carbonyl (C=O) groups excluding carboxylic acids is 1. The largest absolute Gasteiger partial charge is 0.494 e. The zero-order valence-corrected chi connectivity index (χ0v) is 25.5. The Morgan fingerprint density at radius 1 is 0.875 bits per heavy atom. The van der Waals surface area contributed by atoms with Gasteiger partial charge in [0.2, 0.25) is 0 Å². The SMILES string of the molecule is CCCCC/C=C/C1CCC(CCc2ccc(OC(=O)c3ccc(OCCCCCC(C)CC)cc3)cc2)CC1. The highest BCUT2D eigenvalue weighted by molar-refractivity contribution is 5.91. The highest BCUT2D eigenvalue weighted by atomic mass is 16.5. The topological polar surface area (TPSA) is 35.5 Å². The molecule has 3 heteroatoms. The van der Waals surface area contributed by atoms with Gasteiger partial charge in [-0.05, 0) is 118 Å². The van der Waals surface area contributed by atoms with Gasteiger partial charge in [-0.25, -0.2) is 4.79 Å². The Morgan fingerprint density at radius 3 is 2.30 bits per heavy atom. The van der Waals surface area contributed by atoms with Crippen LogP contribution in [0.4, 0.5) is 0 Å². The summed E-state index contributed by atoms with van der Waals surface area (Å²) >= 11 is 0. The van der Waals surface area contributed by atoms with Crippen molar-refractivity contribution in [1.29, 1.82) is 0 Å². The lowest BCUT2D eigenvalue weighted by atomic mass is 9.79. The second-order valence-electron chi connectivity index (χ2n) is 12.0. The third-order valence-electron chi connectivity index (χ3n) is 8.65. The molecule has 0 spiro atoms. The Balaban J connectivity index is 1.31. The van der Waals surface area contributed by atoms with Crippen molar-refractivity contribution in [1.82, 2.24) is 0 Å². The molecule has 1 aliphatic carbocycles. The van der Waals surface area contributed by atoms with E-state index >= 15 is 0 Å². The Bertz CT molecular complexity index is 967. The zero-order chi connectivity index (χ0) is 28.4. The highest BCUT2D eigenvalue weighted by Gasteiger charge is 2.19. The molecule has 0 N–H and O–H groups in total. The van der Waals surface area contributed by atoms with Crippen LogP contribution in [-0.2, 0) is 6.42 Å². The second kappa shape index (κ2) is 18.7. The fourth-order valence-electron chi connectivity index (χ4n) is 5.58. The third kappa shape index (κ3) is 12.3. The maximum Gasteiger partial charge on any atom is 0.343 e. The lowest BCUT2D eigenvalue weighted by Crippen LogP contribution is -2.13. The summed E-state index contributed by atoms with van der Waals surface area (Å²) in [5.41, 5.74) is 1.86. The van der Waals surface area contributed by atoms with E-state index in [0.717, 1.165) is 36.3 Å². The summed E-state index contributed by atoms with van der Waals surface area (Å²) in [6.45, 7) is 7.56. The lowest BCUT2D eigenvalue weighted by Gasteiger charge is -2.26. The van der Waals surface area contributed by atoms with Crippen LogP contribution in [0.2, 0.25) is 0 Å². The number of hydrogen-bond acceptors (Lipinski definition) is 3. The summed E-state index contributed by atoms with van der Waals surface area (Å²) in [4.78, 5) is 12.6. The van der Waals surface area contributed by atoms with Gasteiger partial charge in [-0.2, -0.15) is 0 Å². The van der Waals surface area contributed by atoms with Gasteiger partial charge in [-0.15, -0.1) is 0 Å². The van der Waals surface area contributed by atoms with E-state index in [1.807, 2.05) is 24.3 Å². The first-order valence-electron chi connectivity index (χ1n) is 16.3. The molecule has 1 saturated carbocycles. The number of unbranched alkanes of at least 4 members (excludes halogenated alkanes) is 5. The van der Waals surface area contributed by atoms with Crippen LogP contribution < -0.4 is 9.47 Å². The standard InChI is InChI=1S/C37H54O3/c1-4-6-7-8-11-14-31-15-17-32(18-16-31)19-20-33-21-25-36(26-22-33)40-37(38)34-23-27-35(28-24-34)39-29-12-9-10-13-30(3)5-2/h11,14,21-28,30-32H,4-10,12-13,15-20,29H2,1-3H3/b14-11+. The smallest absolute Gasteiger partial charge is 0.343 e.